The summed E-state index contributed by atoms with van der Waals surface area (Å²) < 4.78 is 29.2. The highest BCUT2D eigenvalue weighted by Crippen LogP contribution is 2.18. The zero-order valence-electron chi connectivity index (χ0n) is 15.8. The monoisotopic (exact) mass is 394 g/mol. The lowest BCUT2D eigenvalue weighted by atomic mass is 10.1. The Kier molecular flexibility index (Phi) is 6.58. The minimum atomic E-state index is -0.655. The Balaban J connectivity index is 1.52. The average Bonchev–Trinajstić information content (AvgIpc) is 2.76. The molecule has 0 bridgehead atoms. The van der Waals surface area contributed by atoms with Gasteiger partial charge in [-0.25, -0.2) is 9.18 Å². The summed E-state index contributed by atoms with van der Waals surface area (Å²) in [5.41, 5.74) is 1.29. The molecule has 0 fully saturated rings. The molecule has 6 heteroatoms. The third-order valence-corrected chi connectivity index (χ3v) is 4.15. The van der Waals surface area contributed by atoms with Crippen LogP contribution in [0.5, 0.6) is 11.5 Å². The SMILES string of the molecule is COc1ccc(C(=O)COC(=O)c2ccc(COc3ccccc3)cc2)cc1F. The van der Waals surface area contributed by atoms with Crippen LogP contribution in [0.1, 0.15) is 26.3 Å². The molecule has 5 nitrogen and oxygen atoms in total. The van der Waals surface area contributed by atoms with Crippen LogP contribution in [0.2, 0.25) is 0 Å². The van der Waals surface area contributed by atoms with Crippen molar-refractivity contribution in [2.75, 3.05) is 13.7 Å². The van der Waals surface area contributed by atoms with Crippen LogP contribution in [-0.4, -0.2) is 25.5 Å². The molecule has 0 heterocycles. The maximum absolute atomic E-state index is 13.7. The van der Waals surface area contributed by atoms with E-state index in [1.165, 1.54) is 19.2 Å². The fraction of sp³-hybridized carbons (Fsp3) is 0.130. The van der Waals surface area contributed by atoms with Gasteiger partial charge in [-0.1, -0.05) is 30.3 Å². The standard InChI is InChI=1S/C23H19FO5/c1-27-22-12-11-18(13-20(22)24)21(25)15-29-23(26)17-9-7-16(8-10-17)14-28-19-5-3-2-4-6-19/h2-13H,14-15H2,1H3. The van der Waals surface area contributed by atoms with Crippen molar-refractivity contribution in [3.05, 3.63) is 95.3 Å². The van der Waals surface area contributed by atoms with Gasteiger partial charge in [-0.05, 0) is 48.0 Å². The summed E-state index contributed by atoms with van der Waals surface area (Å²) in [6, 6.07) is 19.9. The lowest BCUT2D eigenvalue weighted by Gasteiger charge is -2.08. The first-order valence-corrected chi connectivity index (χ1v) is 8.87. The van der Waals surface area contributed by atoms with Gasteiger partial charge in [0.15, 0.2) is 24.0 Å². The number of methoxy groups -OCH3 is 1. The zero-order valence-corrected chi connectivity index (χ0v) is 15.8. The number of halogens is 1. The molecule has 148 valence electrons. The van der Waals surface area contributed by atoms with Crippen molar-refractivity contribution >= 4 is 11.8 Å². The minimum Gasteiger partial charge on any atom is -0.494 e. The first kappa shape index (κ1) is 20.1. The van der Waals surface area contributed by atoms with Crippen molar-refractivity contribution in [2.45, 2.75) is 6.61 Å². The quantitative estimate of drug-likeness (QED) is 0.417. The molecule has 3 aromatic carbocycles. The van der Waals surface area contributed by atoms with Crippen molar-refractivity contribution in [3.8, 4) is 11.5 Å². The fourth-order valence-electron chi connectivity index (χ4n) is 2.56. The van der Waals surface area contributed by atoms with Gasteiger partial charge in [0.2, 0.25) is 0 Å². The Labute approximate surface area is 167 Å². The summed E-state index contributed by atoms with van der Waals surface area (Å²) in [6.45, 7) is -0.121. The number of ketones is 1. The van der Waals surface area contributed by atoms with E-state index in [0.29, 0.717) is 12.2 Å². The molecule has 0 atom stereocenters. The Bertz CT molecular complexity index is 984. The van der Waals surface area contributed by atoms with Gasteiger partial charge in [-0.15, -0.1) is 0 Å². The molecule has 0 unspecified atom stereocenters. The first-order valence-electron chi connectivity index (χ1n) is 8.87. The second-order valence-corrected chi connectivity index (χ2v) is 6.15. The first-order chi connectivity index (χ1) is 14.1. The van der Waals surface area contributed by atoms with Crippen LogP contribution in [0.25, 0.3) is 0 Å². The summed E-state index contributed by atoms with van der Waals surface area (Å²) in [7, 11) is 1.33. The van der Waals surface area contributed by atoms with Gasteiger partial charge in [0.05, 0.1) is 12.7 Å². The highest BCUT2D eigenvalue weighted by atomic mass is 19.1. The molecule has 0 amide bonds. The number of para-hydroxylation sites is 1. The van der Waals surface area contributed by atoms with E-state index in [1.807, 2.05) is 30.3 Å². The van der Waals surface area contributed by atoms with Crippen molar-refractivity contribution in [3.63, 3.8) is 0 Å². The smallest absolute Gasteiger partial charge is 0.338 e. The van der Waals surface area contributed by atoms with Gasteiger partial charge >= 0.3 is 5.97 Å². The summed E-state index contributed by atoms with van der Waals surface area (Å²) in [5, 5.41) is 0. The van der Waals surface area contributed by atoms with Gasteiger partial charge < -0.3 is 14.2 Å². The van der Waals surface area contributed by atoms with Crippen molar-refractivity contribution in [1.82, 2.24) is 0 Å². The third-order valence-electron chi connectivity index (χ3n) is 4.15. The van der Waals surface area contributed by atoms with Crippen molar-refractivity contribution in [1.29, 1.82) is 0 Å². The number of ether oxygens (including phenoxy) is 3. The van der Waals surface area contributed by atoms with Crippen molar-refractivity contribution in [2.24, 2.45) is 0 Å². The molecule has 0 saturated carbocycles. The molecular formula is C23H19FO5. The molecule has 0 spiro atoms. The predicted molar refractivity (Wildman–Crippen MR) is 105 cm³/mol. The Morgan fingerprint density at radius 3 is 2.24 bits per heavy atom. The minimum absolute atomic E-state index is 0.0369. The molecule has 3 rings (SSSR count). The number of carbonyl (C=O) groups excluding carboxylic acids is 2. The van der Waals surface area contributed by atoms with Crippen LogP contribution in [-0.2, 0) is 11.3 Å². The summed E-state index contributed by atoms with van der Waals surface area (Å²) in [5.74, 6) is -1.01. The number of benzene rings is 3. The Hall–Kier alpha value is -3.67. The maximum atomic E-state index is 13.7. The Morgan fingerprint density at radius 2 is 1.59 bits per heavy atom. The molecule has 0 saturated heterocycles. The maximum Gasteiger partial charge on any atom is 0.338 e. The second-order valence-electron chi connectivity index (χ2n) is 6.15. The normalized spacial score (nSPS) is 10.3. The van der Waals surface area contributed by atoms with E-state index in [0.717, 1.165) is 17.4 Å². The average molecular weight is 394 g/mol. The van der Waals surface area contributed by atoms with Gasteiger partial charge in [0.1, 0.15) is 12.4 Å². The lowest BCUT2D eigenvalue weighted by molar-refractivity contribution is 0.0474. The van der Waals surface area contributed by atoms with E-state index < -0.39 is 24.2 Å². The van der Waals surface area contributed by atoms with Crippen molar-refractivity contribution < 1.29 is 28.2 Å². The summed E-state index contributed by atoms with van der Waals surface area (Å²) >= 11 is 0. The number of Topliss-reactive ketones (excluding diaryl/α,β-unsaturated/α-hetero) is 1. The van der Waals surface area contributed by atoms with Gasteiger partial charge in [-0.3, -0.25) is 4.79 Å². The summed E-state index contributed by atoms with van der Waals surface area (Å²) in [6.07, 6.45) is 0. The molecule has 0 N–H and O–H groups in total. The highest BCUT2D eigenvalue weighted by Gasteiger charge is 2.14. The van der Waals surface area contributed by atoms with E-state index in [4.69, 9.17) is 14.2 Å². The molecule has 0 aliphatic heterocycles. The zero-order chi connectivity index (χ0) is 20.6. The van der Waals surface area contributed by atoms with Crippen LogP contribution < -0.4 is 9.47 Å². The largest absolute Gasteiger partial charge is 0.494 e. The molecule has 0 aliphatic rings. The van der Waals surface area contributed by atoms with Crippen LogP contribution in [0.4, 0.5) is 4.39 Å². The third kappa shape index (κ3) is 5.42. The molecule has 0 aliphatic carbocycles. The van der Waals surface area contributed by atoms with Gasteiger partial charge in [0.25, 0.3) is 0 Å². The van der Waals surface area contributed by atoms with E-state index in [2.05, 4.69) is 0 Å². The molecule has 0 radical (unpaired) electrons. The Morgan fingerprint density at radius 1 is 0.897 bits per heavy atom. The fourth-order valence-corrected chi connectivity index (χ4v) is 2.56. The molecule has 3 aromatic rings. The number of rotatable bonds is 8. The molecular weight excluding hydrogens is 375 g/mol. The van der Waals surface area contributed by atoms with Crippen LogP contribution in [0.3, 0.4) is 0 Å². The van der Waals surface area contributed by atoms with Crippen LogP contribution in [0.15, 0.2) is 72.8 Å². The second kappa shape index (κ2) is 9.50. The molecule has 29 heavy (non-hydrogen) atoms. The molecule has 0 aromatic heterocycles. The number of carbonyl (C=O) groups is 2. The lowest BCUT2D eigenvalue weighted by Crippen LogP contribution is -2.14. The van der Waals surface area contributed by atoms with Crippen LogP contribution >= 0.6 is 0 Å². The predicted octanol–water partition coefficient (Wildman–Crippen LogP) is 4.45. The number of esters is 1. The highest BCUT2D eigenvalue weighted by molar-refractivity contribution is 5.99. The van der Waals surface area contributed by atoms with Gasteiger partial charge in [-0.2, -0.15) is 0 Å². The van der Waals surface area contributed by atoms with E-state index in [9.17, 15) is 14.0 Å². The van der Waals surface area contributed by atoms with E-state index in [-0.39, 0.29) is 11.3 Å². The summed E-state index contributed by atoms with van der Waals surface area (Å²) in [4.78, 5) is 24.2. The topological polar surface area (TPSA) is 61.8 Å². The number of hydrogen-bond donors (Lipinski definition) is 0. The van der Waals surface area contributed by atoms with Crippen LogP contribution in [0, 0.1) is 5.82 Å². The number of hydrogen-bond acceptors (Lipinski definition) is 5. The van der Waals surface area contributed by atoms with E-state index >= 15 is 0 Å². The van der Waals surface area contributed by atoms with E-state index in [1.54, 1.807) is 24.3 Å². The van der Waals surface area contributed by atoms with Gasteiger partial charge in [0, 0.05) is 5.56 Å².